The topological polar surface area (TPSA) is 61.8 Å². The highest BCUT2D eigenvalue weighted by atomic mass is 16.6. The number of anilines is 1. The first-order valence-corrected chi connectivity index (χ1v) is 8.70. The summed E-state index contributed by atoms with van der Waals surface area (Å²) in [6, 6.07) is 15.0. The van der Waals surface area contributed by atoms with Gasteiger partial charge in [-0.3, -0.25) is 15.1 Å². The van der Waals surface area contributed by atoms with Gasteiger partial charge in [0.1, 0.15) is 12.8 Å². The summed E-state index contributed by atoms with van der Waals surface area (Å²) < 4.78 is 2.24. The second-order valence-electron chi connectivity index (χ2n) is 7.24. The monoisotopic (exact) mass is 349 g/mol. The van der Waals surface area contributed by atoms with Crippen LogP contribution in [0.4, 0.5) is 17.1 Å². The molecule has 0 unspecified atom stereocenters. The predicted octanol–water partition coefficient (Wildman–Crippen LogP) is 3.87. The maximum absolute atomic E-state index is 10.8. The SMILES string of the molecule is C[N+]1=C(C2=NN(c3ccc([N+](=O)[O-])cc3)CC2)C(C)(C)c2ccccc21. The number of para-hydroxylation sites is 1. The molecular formula is C20H21N4O2+. The van der Waals surface area contributed by atoms with E-state index in [4.69, 9.17) is 5.10 Å². The zero-order valence-electron chi connectivity index (χ0n) is 15.1. The Balaban J connectivity index is 1.69. The van der Waals surface area contributed by atoms with Gasteiger partial charge in [-0.05, 0) is 26.0 Å². The van der Waals surface area contributed by atoms with Crippen molar-refractivity contribution in [2.75, 3.05) is 18.6 Å². The minimum absolute atomic E-state index is 0.0960. The molecule has 4 rings (SSSR count). The summed E-state index contributed by atoms with van der Waals surface area (Å²) in [4.78, 5) is 10.4. The molecule has 2 heterocycles. The third kappa shape index (κ3) is 2.41. The number of rotatable bonds is 3. The number of fused-ring (bicyclic) bond motifs is 1. The molecule has 2 aromatic rings. The largest absolute Gasteiger partial charge is 0.269 e. The molecule has 0 saturated heterocycles. The second kappa shape index (κ2) is 5.76. The van der Waals surface area contributed by atoms with Gasteiger partial charge in [0.25, 0.3) is 5.69 Å². The maximum atomic E-state index is 10.8. The summed E-state index contributed by atoms with van der Waals surface area (Å²) in [5.74, 6) is 0. The summed E-state index contributed by atoms with van der Waals surface area (Å²) in [7, 11) is 2.10. The lowest BCUT2D eigenvalue weighted by atomic mass is 9.79. The van der Waals surface area contributed by atoms with Crippen molar-refractivity contribution in [3.8, 4) is 0 Å². The number of non-ortho nitro benzene ring substituents is 1. The molecule has 0 atom stereocenters. The molecule has 0 aromatic heterocycles. The van der Waals surface area contributed by atoms with Crippen molar-refractivity contribution >= 4 is 28.5 Å². The third-order valence-electron chi connectivity index (χ3n) is 5.30. The van der Waals surface area contributed by atoms with Gasteiger partial charge < -0.3 is 0 Å². The first-order chi connectivity index (χ1) is 12.4. The number of hydrogen-bond acceptors (Lipinski definition) is 4. The van der Waals surface area contributed by atoms with Crippen LogP contribution < -0.4 is 5.01 Å². The van der Waals surface area contributed by atoms with Crippen LogP contribution in [0.15, 0.2) is 53.6 Å². The molecule has 0 fully saturated rings. The van der Waals surface area contributed by atoms with E-state index in [2.05, 4.69) is 49.7 Å². The van der Waals surface area contributed by atoms with Gasteiger partial charge in [0.2, 0.25) is 11.4 Å². The van der Waals surface area contributed by atoms with E-state index in [0.717, 1.165) is 24.4 Å². The maximum Gasteiger partial charge on any atom is 0.269 e. The highest BCUT2D eigenvalue weighted by Crippen LogP contribution is 2.40. The number of nitro benzene ring substituents is 1. The molecule has 2 aliphatic rings. The highest BCUT2D eigenvalue weighted by molar-refractivity contribution is 6.45. The molecule has 0 N–H and O–H groups in total. The van der Waals surface area contributed by atoms with Crippen LogP contribution in [0.5, 0.6) is 0 Å². The summed E-state index contributed by atoms with van der Waals surface area (Å²) in [6.07, 6.45) is 0.855. The van der Waals surface area contributed by atoms with E-state index < -0.39 is 0 Å². The molecule has 6 nitrogen and oxygen atoms in total. The molecule has 0 spiro atoms. The van der Waals surface area contributed by atoms with Crippen LogP contribution in [0.2, 0.25) is 0 Å². The van der Waals surface area contributed by atoms with Gasteiger partial charge in [0, 0.05) is 36.7 Å². The molecule has 2 aromatic carbocycles. The Labute approximate surface area is 152 Å². The van der Waals surface area contributed by atoms with Crippen LogP contribution in [-0.4, -0.2) is 34.5 Å². The van der Waals surface area contributed by atoms with Crippen molar-refractivity contribution in [3.63, 3.8) is 0 Å². The zero-order valence-corrected chi connectivity index (χ0v) is 15.1. The van der Waals surface area contributed by atoms with Crippen molar-refractivity contribution in [1.29, 1.82) is 0 Å². The fraction of sp³-hybridized carbons (Fsp3) is 0.300. The van der Waals surface area contributed by atoms with Gasteiger partial charge in [-0.2, -0.15) is 9.68 Å². The van der Waals surface area contributed by atoms with Crippen LogP contribution >= 0.6 is 0 Å². The van der Waals surface area contributed by atoms with Crippen molar-refractivity contribution in [2.24, 2.45) is 5.10 Å². The Morgan fingerprint density at radius 1 is 1.15 bits per heavy atom. The molecular weight excluding hydrogens is 328 g/mol. The number of hydrazone groups is 1. The third-order valence-corrected chi connectivity index (χ3v) is 5.30. The quantitative estimate of drug-likeness (QED) is 0.480. The van der Waals surface area contributed by atoms with Crippen LogP contribution in [0, 0.1) is 10.1 Å². The molecule has 26 heavy (non-hydrogen) atoms. The Hall–Kier alpha value is -3.02. The molecule has 0 saturated carbocycles. The van der Waals surface area contributed by atoms with E-state index in [-0.39, 0.29) is 16.0 Å². The fourth-order valence-corrected chi connectivity index (χ4v) is 4.07. The molecule has 0 amide bonds. The summed E-state index contributed by atoms with van der Waals surface area (Å²) in [5, 5.41) is 17.6. The number of benzene rings is 2. The average molecular weight is 349 g/mol. The van der Waals surface area contributed by atoms with Gasteiger partial charge in [-0.15, -0.1) is 0 Å². The van der Waals surface area contributed by atoms with Crippen LogP contribution in [-0.2, 0) is 5.41 Å². The zero-order chi connectivity index (χ0) is 18.5. The van der Waals surface area contributed by atoms with E-state index >= 15 is 0 Å². The minimum atomic E-state index is -0.383. The average Bonchev–Trinajstić information content (AvgIpc) is 3.17. The lowest BCUT2D eigenvalue weighted by Crippen LogP contribution is -2.35. The van der Waals surface area contributed by atoms with Gasteiger partial charge in [-0.25, -0.2) is 0 Å². The van der Waals surface area contributed by atoms with Crippen molar-refractivity contribution in [1.82, 2.24) is 0 Å². The molecule has 0 radical (unpaired) electrons. The number of nitro groups is 1. The first kappa shape index (κ1) is 16.4. The Morgan fingerprint density at radius 3 is 2.50 bits per heavy atom. The number of nitrogens with zero attached hydrogens (tertiary/aromatic N) is 4. The van der Waals surface area contributed by atoms with E-state index in [1.807, 2.05) is 5.01 Å². The minimum Gasteiger partial charge on any atom is -0.265 e. The Kier molecular flexibility index (Phi) is 3.64. The summed E-state index contributed by atoms with van der Waals surface area (Å²) in [5.41, 5.74) is 5.71. The van der Waals surface area contributed by atoms with Crippen molar-refractivity contribution < 1.29 is 9.50 Å². The highest BCUT2D eigenvalue weighted by Gasteiger charge is 2.47. The molecule has 6 heteroatoms. The molecule has 0 aliphatic carbocycles. The summed E-state index contributed by atoms with van der Waals surface area (Å²) >= 11 is 0. The summed E-state index contributed by atoms with van der Waals surface area (Å²) in [6.45, 7) is 5.25. The molecule has 0 bridgehead atoms. The van der Waals surface area contributed by atoms with E-state index in [1.54, 1.807) is 12.1 Å². The fourth-order valence-electron chi connectivity index (χ4n) is 4.07. The first-order valence-electron chi connectivity index (χ1n) is 8.70. The molecule has 132 valence electrons. The van der Waals surface area contributed by atoms with Gasteiger partial charge in [0.15, 0.2) is 0 Å². The molecule has 2 aliphatic heterocycles. The lowest BCUT2D eigenvalue weighted by molar-refractivity contribution is -0.400. The van der Waals surface area contributed by atoms with Gasteiger partial charge >= 0.3 is 0 Å². The lowest BCUT2D eigenvalue weighted by Gasteiger charge is -2.17. The van der Waals surface area contributed by atoms with E-state index in [1.165, 1.54) is 29.1 Å². The van der Waals surface area contributed by atoms with Crippen LogP contribution in [0.25, 0.3) is 0 Å². The second-order valence-corrected chi connectivity index (χ2v) is 7.24. The Morgan fingerprint density at radius 2 is 1.85 bits per heavy atom. The van der Waals surface area contributed by atoms with E-state index in [0.29, 0.717) is 0 Å². The standard InChI is InChI=1S/C20H21N4O2/c1-20(2)16-6-4-5-7-18(16)22(3)19(20)17-12-13-23(21-17)14-8-10-15(11-9-14)24(25)26/h4-11H,12-13H2,1-3H3/q+1. The van der Waals surface area contributed by atoms with Crippen molar-refractivity contribution in [2.45, 2.75) is 25.7 Å². The van der Waals surface area contributed by atoms with Gasteiger partial charge in [-0.1, -0.05) is 18.2 Å². The van der Waals surface area contributed by atoms with Crippen molar-refractivity contribution in [3.05, 3.63) is 64.2 Å². The van der Waals surface area contributed by atoms with Gasteiger partial charge in [0.05, 0.1) is 16.0 Å². The van der Waals surface area contributed by atoms with E-state index in [9.17, 15) is 10.1 Å². The van der Waals surface area contributed by atoms with Crippen LogP contribution in [0.1, 0.15) is 25.8 Å². The normalized spacial score (nSPS) is 18.1. The van der Waals surface area contributed by atoms with Crippen LogP contribution in [0.3, 0.4) is 0 Å². The predicted molar refractivity (Wildman–Crippen MR) is 103 cm³/mol. The number of hydrogen-bond donors (Lipinski definition) is 0. The Bertz CT molecular complexity index is 958. The smallest absolute Gasteiger partial charge is 0.265 e.